The first-order valence-corrected chi connectivity index (χ1v) is 7.29. The molecule has 3 aromatic rings. The minimum atomic E-state index is 0.376. The van der Waals surface area contributed by atoms with Gasteiger partial charge in [-0.05, 0) is 36.2 Å². The Morgan fingerprint density at radius 1 is 1.10 bits per heavy atom. The molecule has 0 amide bonds. The fourth-order valence-corrected chi connectivity index (χ4v) is 2.80. The van der Waals surface area contributed by atoms with Crippen molar-refractivity contribution in [2.75, 3.05) is 0 Å². The number of pyridine rings is 1. The highest BCUT2D eigenvalue weighted by Crippen LogP contribution is 2.25. The number of nitrogens with zero attached hydrogens (tertiary/aromatic N) is 3. The number of hydrogen-bond donors (Lipinski definition) is 0. The maximum Gasteiger partial charge on any atom is 0.124 e. The second-order valence-corrected chi connectivity index (χ2v) is 5.20. The first-order chi connectivity index (χ1) is 9.79. The molecule has 0 aliphatic rings. The number of aryl methyl sites for hydroxylation is 2. The molecule has 1 aromatic carbocycles. The minimum absolute atomic E-state index is 0.376. The summed E-state index contributed by atoms with van der Waals surface area (Å²) in [6.45, 7) is 0.798. The van der Waals surface area contributed by atoms with Gasteiger partial charge in [0, 0.05) is 18.9 Å². The summed E-state index contributed by atoms with van der Waals surface area (Å²) in [5.41, 5.74) is 3.08. The summed E-state index contributed by atoms with van der Waals surface area (Å²) in [5, 5.41) is 0.709. The molecule has 0 N–H and O–H groups in total. The highest BCUT2D eigenvalue weighted by atomic mass is 35.5. The smallest absolute Gasteiger partial charge is 0.124 e. The molecule has 0 atom stereocenters. The molecule has 0 aliphatic heterocycles. The maximum atomic E-state index is 6.30. The maximum absolute atomic E-state index is 6.30. The molecule has 0 aliphatic carbocycles. The van der Waals surface area contributed by atoms with Gasteiger partial charge in [0.2, 0.25) is 0 Å². The highest BCUT2D eigenvalue weighted by molar-refractivity contribution is 6.35. The van der Waals surface area contributed by atoms with Crippen LogP contribution < -0.4 is 0 Å². The molecule has 3 nitrogen and oxygen atoms in total. The van der Waals surface area contributed by atoms with Crippen LogP contribution in [0.4, 0.5) is 0 Å². The molecule has 20 heavy (non-hydrogen) atoms. The van der Waals surface area contributed by atoms with Gasteiger partial charge in [-0.3, -0.25) is 4.98 Å². The van der Waals surface area contributed by atoms with Gasteiger partial charge in [-0.1, -0.05) is 17.7 Å². The first kappa shape index (κ1) is 13.4. The van der Waals surface area contributed by atoms with E-state index >= 15 is 0 Å². The van der Waals surface area contributed by atoms with Crippen LogP contribution in [0.1, 0.15) is 11.4 Å². The predicted octanol–water partition coefficient (Wildman–Crippen LogP) is 4.07. The number of rotatable bonds is 4. The molecule has 0 radical (unpaired) electrons. The monoisotopic (exact) mass is 305 g/mol. The molecule has 0 spiro atoms. The lowest BCUT2D eigenvalue weighted by molar-refractivity contribution is 0.687. The number of halogens is 2. The van der Waals surface area contributed by atoms with Gasteiger partial charge in [0.1, 0.15) is 5.82 Å². The van der Waals surface area contributed by atoms with Crippen LogP contribution in [0, 0.1) is 0 Å². The Morgan fingerprint density at radius 2 is 1.90 bits per heavy atom. The van der Waals surface area contributed by atoms with Crippen molar-refractivity contribution >= 4 is 34.2 Å². The molecule has 0 saturated carbocycles. The van der Waals surface area contributed by atoms with Crippen molar-refractivity contribution in [2.24, 2.45) is 0 Å². The standard InChI is InChI=1S/C15H13Cl2N3/c16-10-14-19-13-3-1-2-12(17)15(13)20(14)9-6-11-4-7-18-8-5-11/h1-5,7-8H,6,9-10H2. The number of benzene rings is 1. The number of imidazole rings is 1. The molecule has 102 valence electrons. The van der Waals surface area contributed by atoms with Gasteiger partial charge in [-0.25, -0.2) is 4.98 Å². The van der Waals surface area contributed by atoms with Gasteiger partial charge in [0.15, 0.2) is 0 Å². The van der Waals surface area contributed by atoms with Crippen LogP contribution in [0.15, 0.2) is 42.7 Å². The van der Waals surface area contributed by atoms with Crippen LogP contribution in [-0.2, 0) is 18.8 Å². The van der Waals surface area contributed by atoms with E-state index in [-0.39, 0.29) is 0 Å². The van der Waals surface area contributed by atoms with Crippen LogP contribution in [0.2, 0.25) is 5.02 Å². The quantitative estimate of drug-likeness (QED) is 0.680. The van der Waals surface area contributed by atoms with Crippen molar-refractivity contribution in [1.29, 1.82) is 0 Å². The van der Waals surface area contributed by atoms with E-state index < -0.39 is 0 Å². The van der Waals surface area contributed by atoms with Crippen molar-refractivity contribution < 1.29 is 0 Å². The number of fused-ring (bicyclic) bond motifs is 1. The Bertz CT molecular complexity index is 723. The molecular formula is C15H13Cl2N3. The Balaban J connectivity index is 1.97. The number of para-hydroxylation sites is 1. The van der Waals surface area contributed by atoms with E-state index in [1.165, 1.54) is 5.56 Å². The number of aromatic nitrogens is 3. The third-order valence-electron chi connectivity index (χ3n) is 3.29. The average Bonchev–Trinajstić information content (AvgIpc) is 2.85. The van der Waals surface area contributed by atoms with Crippen molar-refractivity contribution in [2.45, 2.75) is 18.8 Å². The molecule has 0 fully saturated rings. The summed E-state index contributed by atoms with van der Waals surface area (Å²) in [6, 6.07) is 9.78. The normalized spacial score (nSPS) is 11.1. The van der Waals surface area contributed by atoms with Gasteiger partial charge in [-0.2, -0.15) is 0 Å². The number of alkyl halides is 1. The van der Waals surface area contributed by atoms with Gasteiger partial charge in [0.05, 0.1) is 21.9 Å². The lowest BCUT2D eigenvalue weighted by Crippen LogP contribution is -2.05. The summed E-state index contributed by atoms with van der Waals surface area (Å²) in [4.78, 5) is 8.57. The molecular weight excluding hydrogens is 293 g/mol. The minimum Gasteiger partial charge on any atom is -0.325 e. The average molecular weight is 306 g/mol. The topological polar surface area (TPSA) is 30.7 Å². The fraction of sp³-hybridized carbons (Fsp3) is 0.200. The molecule has 3 rings (SSSR count). The van der Waals surface area contributed by atoms with Gasteiger partial charge >= 0.3 is 0 Å². The SMILES string of the molecule is ClCc1nc2cccc(Cl)c2n1CCc1ccncc1. The van der Waals surface area contributed by atoms with Crippen molar-refractivity contribution in [3.63, 3.8) is 0 Å². The van der Waals surface area contributed by atoms with Gasteiger partial charge < -0.3 is 4.57 Å². The molecule has 0 saturated heterocycles. The Hall–Kier alpha value is -1.58. The van der Waals surface area contributed by atoms with E-state index in [1.807, 2.05) is 30.3 Å². The van der Waals surface area contributed by atoms with E-state index in [0.29, 0.717) is 10.9 Å². The molecule has 2 heterocycles. The Kier molecular flexibility index (Phi) is 3.90. The van der Waals surface area contributed by atoms with Crippen molar-refractivity contribution in [3.8, 4) is 0 Å². The lowest BCUT2D eigenvalue weighted by atomic mass is 10.2. The largest absolute Gasteiger partial charge is 0.325 e. The van der Waals surface area contributed by atoms with E-state index in [4.69, 9.17) is 23.2 Å². The van der Waals surface area contributed by atoms with Crippen LogP contribution in [0.25, 0.3) is 11.0 Å². The molecule has 0 bridgehead atoms. The zero-order valence-corrected chi connectivity index (χ0v) is 12.3. The van der Waals surface area contributed by atoms with Crippen LogP contribution in [0.5, 0.6) is 0 Å². The van der Waals surface area contributed by atoms with Crippen molar-refractivity contribution in [1.82, 2.24) is 14.5 Å². The summed E-state index contributed by atoms with van der Waals surface area (Å²) >= 11 is 12.3. The van der Waals surface area contributed by atoms with Crippen molar-refractivity contribution in [3.05, 3.63) is 59.1 Å². The summed E-state index contributed by atoms with van der Waals surface area (Å²) < 4.78 is 2.10. The zero-order chi connectivity index (χ0) is 13.9. The van der Waals surface area contributed by atoms with Crippen LogP contribution in [-0.4, -0.2) is 14.5 Å². The van der Waals surface area contributed by atoms with E-state index in [2.05, 4.69) is 14.5 Å². The van der Waals surface area contributed by atoms with E-state index in [1.54, 1.807) is 12.4 Å². The second kappa shape index (κ2) is 5.81. The van der Waals surface area contributed by atoms with Gasteiger partial charge in [0.25, 0.3) is 0 Å². The van der Waals surface area contributed by atoms with Crippen LogP contribution >= 0.6 is 23.2 Å². The van der Waals surface area contributed by atoms with Gasteiger partial charge in [-0.15, -0.1) is 11.6 Å². The molecule has 2 aromatic heterocycles. The Morgan fingerprint density at radius 3 is 2.65 bits per heavy atom. The summed E-state index contributed by atoms with van der Waals surface area (Å²) in [5.74, 6) is 1.23. The van der Waals surface area contributed by atoms with E-state index in [0.717, 1.165) is 29.8 Å². The summed E-state index contributed by atoms with van der Waals surface area (Å²) in [7, 11) is 0. The fourth-order valence-electron chi connectivity index (χ4n) is 2.32. The zero-order valence-electron chi connectivity index (χ0n) is 10.8. The summed E-state index contributed by atoms with van der Waals surface area (Å²) in [6.07, 6.45) is 4.50. The van der Waals surface area contributed by atoms with Crippen LogP contribution in [0.3, 0.4) is 0 Å². The molecule has 5 heteroatoms. The van der Waals surface area contributed by atoms with E-state index in [9.17, 15) is 0 Å². The Labute approximate surface area is 127 Å². The third-order valence-corrected chi connectivity index (χ3v) is 3.83. The lowest BCUT2D eigenvalue weighted by Gasteiger charge is -2.08. The third kappa shape index (κ3) is 2.51. The highest BCUT2D eigenvalue weighted by Gasteiger charge is 2.12. The molecule has 0 unspecified atom stereocenters. The number of hydrogen-bond acceptors (Lipinski definition) is 2. The second-order valence-electron chi connectivity index (χ2n) is 4.53. The first-order valence-electron chi connectivity index (χ1n) is 6.38. The predicted molar refractivity (Wildman–Crippen MR) is 82.2 cm³/mol.